The number of benzene rings is 1. The Labute approximate surface area is 121 Å². The maximum atomic E-state index is 12.8. The number of carbonyl (C=O) groups excluding carboxylic acids is 1. The molecule has 0 saturated carbocycles. The van der Waals surface area contributed by atoms with E-state index in [1.54, 1.807) is 18.3 Å². The minimum absolute atomic E-state index is 0.0367. The van der Waals surface area contributed by atoms with Gasteiger partial charge in [0.25, 0.3) is 0 Å². The summed E-state index contributed by atoms with van der Waals surface area (Å²) in [5.74, 6) is 1.40. The van der Waals surface area contributed by atoms with Crippen LogP contribution in [0.4, 0.5) is 0 Å². The Hall–Kier alpha value is -2.00. The SMILES string of the molecule is Cc1oc(C)c(C(=O)c2c[nH]c3ccc(Cl)cc23)c1C. The predicted octanol–water partition coefficient (Wildman–Crippen LogP) is 4.57. The molecule has 2 aromatic heterocycles. The highest BCUT2D eigenvalue weighted by Gasteiger charge is 2.22. The van der Waals surface area contributed by atoms with E-state index in [4.69, 9.17) is 16.0 Å². The van der Waals surface area contributed by atoms with E-state index in [1.165, 1.54) is 0 Å². The van der Waals surface area contributed by atoms with Gasteiger partial charge in [-0.15, -0.1) is 0 Å². The summed E-state index contributed by atoms with van der Waals surface area (Å²) in [6.07, 6.45) is 1.73. The molecule has 1 aromatic carbocycles. The first-order valence-electron chi connectivity index (χ1n) is 6.37. The molecule has 0 atom stereocenters. The van der Waals surface area contributed by atoms with Crippen LogP contribution in [0.3, 0.4) is 0 Å². The Morgan fingerprint density at radius 3 is 2.60 bits per heavy atom. The van der Waals surface area contributed by atoms with Crippen molar-refractivity contribution >= 4 is 28.3 Å². The van der Waals surface area contributed by atoms with Gasteiger partial charge in [-0.3, -0.25) is 4.79 Å². The minimum atomic E-state index is -0.0367. The summed E-state index contributed by atoms with van der Waals surface area (Å²) in [5, 5.41) is 1.45. The maximum absolute atomic E-state index is 12.8. The molecule has 0 unspecified atom stereocenters. The number of nitrogens with one attached hydrogen (secondary N) is 1. The number of rotatable bonds is 2. The molecule has 0 fully saturated rings. The van der Waals surface area contributed by atoms with Gasteiger partial charge in [-0.2, -0.15) is 0 Å². The van der Waals surface area contributed by atoms with Crippen LogP contribution in [-0.4, -0.2) is 10.8 Å². The van der Waals surface area contributed by atoms with Crippen LogP contribution in [0.1, 0.15) is 33.0 Å². The normalized spacial score (nSPS) is 11.2. The molecule has 3 aromatic rings. The van der Waals surface area contributed by atoms with Crippen LogP contribution in [0.15, 0.2) is 28.8 Å². The van der Waals surface area contributed by atoms with E-state index < -0.39 is 0 Å². The summed E-state index contributed by atoms with van der Waals surface area (Å²) in [5.41, 5.74) is 3.05. The summed E-state index contributed by atoms with van der Waals surface area (Å²) in [7, 11) is 0. The molecule has 0 bridgehead atoms. The van der Waals surface area contributed by atoms with Crippen LogP contribution in [0.2, 0.25) is 5.02 Å². The van der Waals surface area contributed by atoms with Crippen molar-refractivity contribution in [2.75, 3.05) is 0 Å². The van der Waals surface area contributed by atoms with Crippen molar-refractivity contribution < 1.29 is 9.21 Å². The molecule has 3 nitrogen and oxygen atoms in total. The second kappa shape index (κ2) is 4.53. The first-order chi connectivity index (χ1) is 9.49. The average Bonchev–Trinajstić information content (AvgIpc) is 2.91. The van der Waals surface area contributed by atoms with Crippen LogP contribution in [-0.2, 0) is 0 Å². The third-order valence-electron chi connectivity index (χ3n) is 3.68. The number of aromatic nitrogens is 1. The Balaban J connectivity index is 2.20. The molecule has 3 rings (SSSR count). The fourth-order valence-electron chi connectivity index (χ4n) is 2.54. The van der Waals surface area contributed by atoms with Gasteiger partial charge in [0.15, 0.2) is 5.78 Å². The number of ketones is 1. The molecule has 2 heterocycles. The van der Waals surface area contributed by atoms with Crippen LogP contribution in [0, 0.1) is 20.8 Å². The fraction of sp³-hybridized carbons (Fsp3) is 0.188. The van der Waals surface area contributed by atoms with Crippen LogP contribution in [0.25, 0.3) is 10.9 Å². The summed E-state index contributed by atoms with van der Waals surface area (Å²) in [6.45, 7) is 5.58. The summed E-state index contributed by atoms with van der Waals surface area (Å²) in [6, 6.07) is 5.47. The molecule has 0 aliphatic carbocycles. The van der Waals surface area contributed by atoms with E-state index in [0.717, 1.165) is 22.2 Å². The zero-order chi connectivity index (χ0) is 14.4. The van der Waals surface area contributed by atoms with E-state index in [0.29, 0.717) is 21.9 Å². The number of furan rings is 1. The first kappa shape index (κ1) is 13.0. The number of halogens is 1. The van der Waals surface area contributed by atoms with Gasteiger partial charge in [-0.25, -0.2) is 0 Å². The highest BCUT2D eigenvalue weighted by molar-refractivity contribution is 6.31. The van der Waals surface area contributed by atoms with Crippen LogP contribution >= 0.6 is 11.6 Å². The summed E-state index contributed by atoms with van der Waals surface area (Å²) in [4.78, 5) is 15.9. The van der Waals surface area contributed by atoms with Crippen LogP contribution in [0.5, 0.6) is 0 Å². The largest absolute Gasteiger partial charge is 0.466 e. The molecule has 0 aliphatic heterocycles. The van der Waals surface area contributed by atoms with Gasteiger partial charge < -0.3 is 9.40 Å². The van der Waals surface area contributed by atoms with Gasteiger partial charge in [0.1, 0.15) is 11.5 Å². The quantitative estimate of drug-likeness (QED) is 0.702. The highest BCUT2D eigenvalue weighted by Crippen LogP contribution is 2.28. The average molecular weight is 288 g/mol. The van der Waals surface area contributed by atoms with E-state index >= 15 is 0 Å². The van der Waals surface area contributed by atoms with E-state index in [-0.39, 0.29) is 5.78 Å². The second-order valence-corrected chi connectivity index (χ2v) is 5.37. The number of fused-ring (bicyclic) bond motifs is 1. The lowest BCUT2D eigenvalue weighted by Crippen LogP contribution is -2.03. The minimum Gasteiger partial charge on any atom is -0.466 e. The lowest BCUT2D eigenvalue weighted by molar-refractivity contribution is 0.103. The van der Waals surface area contributed by atoms with E-state index in [2.05, 4.69) is 4.98 Å². The summed E-state index contributed by atoms with van der Waals surface area (Å²) < 4.78 is 5.54. The number of carbonyl (C=O) groups is 1. The van der Waals surface area contributed by atoms with Crippen molar-refractivity contribution in [3.63, 3.8) is 0 Å². The number of aryl methyl sites for hydroxylation is 2. The van der Waals surface area contributed by atoms with Crippen LogP contribution < -0.4 is 0 Å². The lowest BCUT2D eigenvalue weighted by Gasteiger charge is -2.00. The Morgan fingerprint density at radius 2 is 1.95 bits per heavy atom. The Bertz CT molecular complexity index is 826. The van der Waals surface area contributed by atoms with Crippen molar-refractivity contribution in [3.05, 3.63) is 57.6 Å². The number of hydrogen-bond donors (Lipinski definition) is 1. The summed E-state index contributed by atoms with van der Waals surface area (Å²) >= 11 is 6.02. The standard InChI is InChI=1S/C16H14ClNO2/c1-8-9(2)20-10(3)15(8)16(19)13-7-18-14-5-4-11(17)6-12(13)14/h4-7,18H,1-3H3. The molecule has 0 radical (unpaired) electrons. The van der Waals surface area contributed by atoms with Gasteiger partial charge in [0.2, 0.25) is 0 Å². The third kappa shape index (κ3) is 1.86. The zero-order valence-electron chi connectivity index (χ0n) is 11.5. The second-order valence-electron chi connectivity index (χ2n) is 4.94. The molecule has 1 N–H and O–H groups in total. The monoisotopic (exact) mass is 287 g/mol. The lowest BCUT2D eigenvalue weighted by atomic mass is 9.99. The molecule has 102 valence electrons. The number of hydrogen-bond acceptors (Lipinski definition) is 2. The molecule has 0 spiro atoms. The van der Waals surface area contributed by atoms with Gasteiger partial charge in [-0.05, 0) is 39.0 Å². The van der Waals surface area contributed by atoms with Gasteiger partial charge in [0.05, 0.1) is 5.56 Å². The zero-order valence-corrected chi connectivity index (χ0v) is 12.3. The van der Waals surface area contributed by atoms with E-state index in [9.17, 15) is 4.79 Å². The van der Waals surface area contributed by atoms with Crippen molar-refractivity contribution in [1.82, 2.24) is 4.98 Å². The Kier molecular flexibility index (Phi) is 2.94. The molecule has 4 heteroatoms. The first-order valence-corrected chi connectivity index (χ1v) is 6.74. The van der Waals surface area contributed by atoms with Gasteiger partial charge in [-0.1, -0.05) is 11.6 Å². The number of aromatic amines is 1. The van der Waals surface area contributed by atoms with Gasteiger partial charge >= 0.3 is 0 Å². The fourth-order valence-corrected chi connectivity index (χ4v) is 2.71. The van der Waals surface area contributed by atoms with Crippen molar-refractivity contribution in [1.29, 1.82) is 0 Å². The van der Waals surface area contributed by atoms with E-state index in [1.807, 2.05) is 26.8 Å². The topological polar surface area (TPSA) is 46.0 Å². The number of H-pyrrole nitrogens is 1. The smallest absolute Gasteiger partial charge is 0.198 e. The molecular formula is C16H14ClNO2. The van der Waals surface area contributed by atoms with Crippen molar-refractivity contribution in [2.24, 2.45) is 0 Å². The maximum Gasteiger partial charge on any atom is 0.198 e. The van der Waals surface area contributed by atoms with Gasteiger partial charge in [0, 0.05) is 33.2 Å². The molecule has 0 aliphatic rings. The molecule has 0 saturated heterocycles. The molecule has 20 heavy (non-hydrogen) atoms. The Morgan fingerprint density at radius 1 is 1.20 bits per heavy atom. The third-order valence-corrected chi connectivity index (χ3v) is 3.91. The van der Waals surface area contributed by atoms with Crippen molar-refractivity contribution in [2.45, 2.75) is 20.8 Å². The van der Waals surface area contributed by atoms with Crippen molar-refractivity contribution in [3.8, 4) is 0 Å². The molecule has 0 amide bonds. The predicted molar refractivity (Wildman–Crippen MR) is 79.7 cm³/mol. The highest BCUT2D eigenvalue weighted by atomic mass is 35.5. The molecular weight excluding hydrogens is 274 g/mol.